The smallest absolute Gasteiger partial charge is 0.186 e. The quantitative estimate of drug-likeness (QED) is 0.402. The zero-order valence-corrected chi connectivity index (χ0v) is 16.2. The summed E-state index contributed by atoms with van der Waals surface area (Å²) in [5.41, 5.74) is 1.32. The highest BCUT2D eigenvalue weighted by molar-refractivity contribution is 7.98. The Bertz CT molecular complexity index is 963. The van der Waals surface area contributed by atoms with Crippen LogP contribution in [0.5, 0.6) is 0 Å². The molecule has 0 N–H and O–H groups in total. The summed E-state index contributed by atoms with van der Waals surface area (Å²) < 4.78 is 1.92. The van der Waals surface area contributed by atoms with Crippen LogP contribution in [0.4, 0.5) is 0 Å². The number of benzene rings is 2. The Labute approximate surface area is 161 Å². The van der Waals surface area contributed by atoms with Crippen LogP contribution >= 0.6 is 23.1 Å². The van der Waals surface area contributed by atoms with E-state index in [-0.39, 0.29) is 0 Å². The molecule has 0 amide bonds. The van der Waals surface area contributed by atoms with Crippen molar-refractivity contribution in [1.29, 1.82) is 0 Å². The molecular weight excluding hydrogens is 360 g/mol. The van der Waals surface area contributed by atoms with Crippen LogP contribution in [0.3, 0.4) is 0 Å². The number of aromatic nitrogens is 4. The van der Waals surface area contributed by atoms with Crippen molar-refractivity contribution in [2.45, 2.75) is 36.3 Å². The lowest BCUT2D eigenvalue weighted by Gasteiger charge is -2.13. The van der Waals surface area contributed by atoms with Crippen LogP contribution < -0.4 is 0 Å². The molecule has 0 fully saturated rings. The molecule has 0 aliphatic rings. The lowest BCUT2D eigenvalue weighted by Crippen LogP contribution is -2.02. The first-order valence-electron chi connectivity index (χ1n) is 8.79. The summed E-state index contributed by atoms with van der Waals surface area (Å²) in [4.78, 5) is 2.11. The van der Waals surface area contributed by atoms with Gasteiger partial charge in [0, 0.05) is 10.8 Å². The summed E-state index contributed by atoms with van der Waals surface area (Å²) in [7, 11) is 0. The van der Waals surface area contributed by atoms with Crippen LogP contribution in [-0.4, -0.2) is 19.8 Å². The third-order valence-electron chi connectivity index (χ3n) is 4.26. The molecule has 0 saturated carbocycles. The van der Waals surface area contributed by atoms with Gasteiger partial charge in [0.2, 0.25) is 4.96 Å². The SMILES string of the molecule is CCC[C@H](c1ccccc1)c1nn2c(CSc3ccccc3)nnc2s1. The number of hydrogen-bond donors (Lipinski definition) is 0. The molecule has 4 nitrogen and oxygen atoms in total. The van der Waals surface area contributed by atoms with E-state index in [1.165, 1.54) is 10.5 Å². The highest BCUT2D eigenvalue weighted by Gasteiger charge is 2.20. The number of nitrogens with zero attached hydrogens (tertiary/aromatic N) is 4. The van der Waals surface area contributed by atoms with Gasteiger partial charge < -0.3 is 0 Å². The zero-order valence-electron chi connectivity index (χ0n) is 14.6. The van der Waals surface area contributed by atoms with Crippen LogP contribution in [0.2, 0.25) is 0 Å². The first-order chi connectivity index (χ1) is 12.8. The molecular formula is C20H20N4S2. The van der Waals surface area contributed by atoms with Crippen molar-refractivity contribution in [2.75, 3.05) is 0 Å². The van der Waals surface area contributed by atoms with Crippen molar-refractivity contribution in [2.24, 2.45) is 0 Å². The van der Waals surface area contributed by atoms with E-state index in [2.05, 4.69) is 71.7 Å². The highest BCUT2D eigenvalue weighted by Crippen LogP contribution is 2.32. The lowest BCUT2D eigenvalue weighted by molar-refractivity contribution is 0.677. The van der Waals surface area contributed by atoms with Crippen molar-refractivity contribution < 1.29 is 0 Å². The Morgan fingerprint density at radius 1 is 1.00 bits per heavy atom. The summed E-state index contributed by atoms with van der Waals surface area (Å²) in [6.45, 7) is 2.22. The predicted molar refractivity (Wildman–Crippen MR) is 108 cm³/mol. The number of rotatable bonds is 7. The van der Waals surface area contributed by atoms with Gasteiger partial charge in [-0.25, -0.2) is 0 Å². The standard InChI is InChI=1S/C20H20N4S2/c1-2-9-17(15-10-5-3-6-11-15)19-23-24-18(21-22-20(24)26-19)14-25-16-12-7-4-8-13-16/h3-8,10-13,17H,2,9,14H2,1H3/t17-/m1/s1. The van der Waals surface area contributed by atoms with E-state index in [4.69, 9.17) is 5.10 Å². The van der Waals surface area contributed by atoms with Crippen molar-refractivity contribution in [1.82, 2.24) is 19.8 Å². The maximum absolute atomic E-state index is 4.88. The Hall–Kier alpha value is -2.18. The average molecular weight is 381 g/mol. The second-order valence-electron chi connectivity index (χ2n) is 6.10. The minimum absolute atomic E-state index is 0.322. The maximum Gasteiger partial charge on any atom is 0.234 e. The summed E-state index contributed by atoms with van der Waals surface area (Å²) in [6.07, 6.45) is 2.21. The van der Waals surface area contributed by atoms with Gasteiger partial charge in [-0.3, -0.25) is 0 Å². The zero-order chi connectivity index (χ0) is 17.8. The molecule has 0 saturated heterocycles. The first-order valence-corrected chi connectivity index (χ1v) is 10.6. The third kappa shape index (κ3) is 3.66. The lowest BCUT2D eigenvalue weighted by atomic mass is 9.95. The number of hydrogen-bond acceptors (Lipinski definition) is 5. The molecule has 0 spiro atoms. The number of thioether (sulfide) groups is 1. The molecule has 0 aliphatic carbocycles. The van der Waals surface area contributed by atoms with Crippen LogP contribution in [0, 0.1) is 0 Å². The Kier molecular flexibility index (Phi) is 5.32. The van der Waals surface area contributed by atoms with E-state index < -0.39 is 0 Å². The van der Waals surface area contributed by atoms with E-state index in [0.717, 1.165) is 34.4 Å². The molecule has 0 aliphatic heterocycles. The van der Waals surface area contributed by atoms with Crippen LogP contribution in [0.15, 0.2) is 65.6 Å². The fourth-order valence-corrected chi connectivity index (χ4v) is 4.82. The molecule has 1 atom stereocenters. The molecule has 2 heterocycles. The van der Waals surface area contributed by atoms with Gasteiger partial charge in [0.1, 0.15) is 5.01 Å². The Morgan fingerprint density at radius 3 is 2.46 bits per heavy atom. The molecule has 0 bridgehead atoms. The van der Waals surface area contributed by atoms with E-state index in [1.807, 2.05) is 10.6 Å². The largest absolute Gasteiger partial charge is 0.234 e. The fraction of sp³-hybridized carbons (Fsp3) is 0.250. The summed E-state index contributed by atoms with van der Waals surface area (Å²) >= 11 is 3.41. The van der Waals surface area contributed by atoms with Gasteiger partial charge >= 0.3 is 0 Å². The molecule has 0 radical (unpaired) electrons. The molecule has 2 aromatic heterocycles. The van der Waals surface area contributed by atoms with Crippen LogP contribution in [0.1, 0.15) is 42.1 Å². The van der Waals surface area contributed by atoms with E-state index in [1.54, 1.807) is 23.1 Å². The second-order valence-corrected chi connectivity index (χ2v) is 8.14. The average Bonchev–Trinajstić information content (AvgIpc) is 3.27. The van der Waals surface area contributed by atoms with E-state index >= 15 is 0 Å². The minimum Gasteiger partial charge on any atom is -0.186 e. The van der Waals surface area contributed by atoms with Gasteiger partial charge in [0.15, 0.2) is 5.82 Å². The summed E-state index contributed by atoms with van der Waals surface area (Å²) in [5, 5.41) is 14.7. The van der Waals surface area contributed by atoms with Gasteiger partial charge in [0.05, 0.1) is 5.75 Å². The Balaban J connectivity index is 1.60. The van der Waals surface area contributed by atoms with Gasteiger partial charge in [0.25, 0.3) is 0 Å². The summed E-state index contributed by atoms with van der Waals surface area (Å²) in [6, 6.07) is 21.0. The third-order valence-corrected chi connectivity index (χ3v) is 6.28. The van der Waals surface area contributed by atoms with Gasteiger partial charge in [-0.05, 0) is 24.1 Å². The minimum atomic E-state index is 0.322. The number of fused-ring (bicyclic) bond motifs is 1. The first kappa shape index (κ1) is 17.2. The van der Waals surface area contributed by atoms with Gasteiger partial charge in [-0.1, -0.05) is 73.2 Å². The van der Waals surface area contributed by atoms with Gasteiger partial charge in [-0.2, -0.15) is 9.61 Å². The molecule has 0 unspecified atom stereocenters. The molecule has 4 aromatic rings. The van der Waals surface area contributed by atoms with Crippen LogP contribution in [0.25, 0.3) is 4.96 Å². The molecule has 26 heavy (non-hydrogen) atoms. The topological polar surface area (TPSA) is 43.1 Å². The second kappa shape index (κ2) is 8.01. The van der Waals surface area contributed by atoms with E-state index in [9.17, 15) is 0 Å². The van der Waals surface area contributed by atoms with E-state index in [0.29, 0.717) is 5.92 Å². The molecule has 6 heteroatoms. The summed E-state index contributed by atoms with van der Waals surface area (Å²) in [5.74, 6) is 1.99. The van der Waals surface area contributed by atoms with Crippen molar-refractivity contribution in [3.05, 3.63) is 77.1 Å². The molecule has 132 valence electrons. The van der Waals surface area contributed by atoms with Crippen molar-refractivity contribution in [3.63, 3.8) is 0 Å². The maximum atomic E-state index is 4.88. The normalized spacial score (nSPS) is 12.5. The molecule has 2 aromatic carbocycles. The van der Waals surface area contributed by atoms with Crippen molar-refractivity contribution >= 4 is 28.1 Å². The van der Waals surface area contributed by atoms with Gasteiger partial charge in [-0.15, -0.1) is 22.0 Å². The Morgan fingerprint density at radius 2 is 1.73 bits per heavy atom. The molecule has 4 rings (SSSR count). The predicted octanol–water partition coefficient (Wildman–Crippen LogP) is 5.41. The van der Waals surface area contributed by atoms with Crippen molar-refractivity contribution in [3.8, 4) is 0 Å². The highest BCUT2D eigenvalue weighted by atomic mass is 32.2. The fourth-order valence-electron chi connectivity index (χ4n) is 2.97. The monoisotopic (exact) mass is 380 g/mol. The van der Waals surface area contributed by atoms with Crippen LogP contribution in [-0.2, 0) is 5.75 Å².